The SMILES string of the molecule is CCC(C)C(NC(=O)CC(C)(C)C(F)(F)F)C(=O)O. The Balaban J connectivity index is 4.73. The molecule has 0 aromatic rings. The Kier molecular flexibility index (Phi) is 5.83. The predicted molar refractivity (Wildman–Crippen MR) is 63.5 cm³/mol. The number of rotatable bonds is 6. The Hall–Kier alpha value is -1.27. The number of aliphatic carboxylic acids is 1. The monoisotopic (exact) mass is 283 g/mol. The fourth-order valence-corrected chi connectivity index (χ4v) is 1.41. The summed E-state index contributed by atoms with van der Waals surface area (Å²) < 4.78 is 37.9. The molecule has 1 amide bonds. The van der Waals surface area contributed by atoms with Gasteiger partial charge in [0.25, 0.3) is 0 Å². The Morgan fingerprint density at radius 2 is 1.74 bits per heavy atom. The molecular formula is C12H20F3NO3. The van der Waals surface area contributed by atoms with Gasteiger partial charge in [0, 0.05) is 6.42 Å². The molecule has 0 saturated carbocycles. The van der Waals surface area contributed by atoms with Gasteiger partial charge < -0.3 is 10.4 Å². The molecule has 0 aromatic carbocycles. The summed E-state index contributed by atoms with van der Waals surface area (Å²) in [5.74, 6) is -2.50. The van der Waals surface area contributed by atoms with Crippen LogP contribution in [0.1, 0.15) is 40.5 Å². The van der Waals surface area contributed by atoms with Crippen molar-refractivity contribution in [3.63, 3.8) is 0 Å². The van der Waals surface area contributed by atoms with Gasteiger partial charge in [-0.1, -0.05) is 34.1 Å². The molecule has 7 heteroatoms. The highest BCUT2D eigenvalue weighted by atomic mass is 19.4. The fraction of sp³-hybridized carbons (Fsp3) is 0.833. The van der Waals surface area contributed by atoms with Gasteiger partial charge in [-0.15, -0.1) is 0 Å². The first-order valence-electron chi connectivity index (χ1n) is 6.01. The molecule has 2 unspecified atom stereocenters. The number of hydrogen-bond acceptors (Lipinski definition) is 2. The third-order valence-corrected chi connectivity index (χ3v) is 3.17. The summed E-state index contributed by atoms with van der Waals surface area (Å²) >= 11 is 0. The van der Waals surface area contributed by atoms with E-state index >= 15 is 0 Å². The number of carboxylic acids is 1. The second kappa shape index (κ2) is 6.25. The minimum Gasteiger partial charge on any atom is -0.480 e. The van der Waals surface area contributed by atoms with Crippen LogP contribution in [-0.4, -0.2) is 29.2 Å². The topological polar surface area (TPSA) is 66.4 Å². The first-order valence-corrected chi connectivity index (χ1v) is 6.01. The van der Waals surface area contributed by atoms with Crippen LogP contribution in [0, 0.1) is 11.3 Å². The second-order valence-electron chi connectivity index (χ2n) is 5.33. The van der Waals surface area contributed by atoms with Gasteiger partial charge >= 0.3 is 12.1 Å². The summed E-state index contributed by atoms with van der Waals surface area (Å²) in [7, 11) is 0. The van der Waals surface area contributed by atoms with Gasteiger partial charge in [0.05, 0.1) is 5.41 Å². The maximum atomic E-state index is 12.6. The highest BCUT2D eigenvalue weighted by Crippen LogP contribution is 2.40. The first-order chi connectivity index (χ1) is 8.42. The number of amides is 1. The van der Waals surface area contributed by atoms with Gasteiger partial charge in [-0.3, -0.25) is 4.79 Å². The molecule has 2 atom stereocenters. The maximum absolute atomic E-state index is 12.6. The number of nitrogens with one attached hydrogen (secondary N) is 1. The molecule has 0 rings (SSSR count). The van der Waals surface area contributed by atoms with Crippen LogP contribution in [0.3, 0.4) is 0 Å². The van der Waals surface area contributed by atoms with Crippen molar-refractivity contribution in [2.75, 3.05) is 0 Å². The summed E-state index contributed by atoms with van der Waals surface area (Å²) in [5.41, 5.74) is -2.18. The Labute approximate surface area is 110 Å². The van der Waals surface area contributed by atoms with Crippen LogP contribution in [-0.2, 0) is 9.59 Å². The van der Waals surface area contributed by atoms with E-state index in [0.717, 1.165) is 13.8 Å². The zero-order valence-electron chi connectivity index (χ0n) is 11.5. The number of carboxylic acid groups (broad SMARTS) is 1. The zero-order valence-corrected chi connectivity index (χ0v) is 11.5. The molecule has 0 radical (unpaired) electrons. The number of carbonyl (C=O) groups is 2. The summed E-state index contributed by atoms with van der Waals surface area (Å²) in [5, 5.41) is 11.1. The number of halogens is 3. The van der Waals surface area contributed by atoms with Crippen LogP contribution >= 0.6 is 0 Å². The van der Waals surface area contributed by atoms with Crippen molar-refractivity contribution >= 4 is 11.9 Å². The fourth-order valence-electron chi connectivity index (χ4n) is 1.41. The highest BCUT2D eigenvalue weighted by Gasteiger charge is 2.48. The number of hydrogen-bond donors (Lipinski definition) is 2. The molecule has 0 saturated heterocycles. The van der Waals surface area contributed by atoms with Gasteiger partial charge in [0.15, 0.2) is 0 Å². The molecule has 0 spiro atoms. The summed E-state index contributed by atoms with van der Waals surface area (Å²) in [6, 6.07) is -1.17. The summed E-state index contributed by atoms with van der Waals surface area (Å²) in [6.07, 6.45) is -4.81. The molecule has 0 aromatic heterocycles. The van der Waals surface area contributed by atoms with E-state index in [1.165, 1.54) is 0 Å². The molecular weight excluding hydrogens is 263 g/mol. The molecule has 4 nitrogen and oxygen atoms in total. The zero-order chi connectivity index (χ0) is 15.4. The van der Waals surface area contributed by atoms with Crippen molar-refractivity contribution < 1.29 is 27.9 Å². The lowest BCUT2D eigenvalue weighted by Crippen LogP contribution is -2.47. The van der Waals surface area contributed by atoms with Gasteiger partial charge in [-0.25, -0.2) is 4.79 Å². The number of alkyl halides is 3. The standard InChI is InChI=1S/C12H20F3NO3/c1-5-7(2)9(10(18)19)16-8(17)6-11(3,4)12(13,14)15/h7,9H,5-6H2,1-4H3,(H,16,17)(H,18,19). The molecule has 0 fully saturated rings. The molecule has 112 valence electrons. The Morgan fingerprint density at radius 3 is 2.05 bits per heavy atom. The van der Waals surface area contributed by atoms with Gasteiger partial charge in [-0.05, 0) is 5.92 Å². The third kappa shape index (κ3) is 5.08. The maximum Gasteiger partial charge on any atom is 0.394 e. The van der Waals surface area contributed by atoms with E-state index in [2.05, 4.69) is 5.32 Å². The van der Waals surface area contributed by atoms with E-state index in [0.29, 0.717) is 6.42 Å². The van der Waals surface area contributed by atoms with Crippen LogP contribution in [0.2, 0.25) is 0 Å². The van der Waals surface area contributed by atoms with Crippen molar-refractivity contribution in [1.82, 2.24) is 5.32 Å². The normalized spacial score (nSPS) is 15.7. The van der Waals surface area contributed by atoms with Crippen molar-refractivity contribution in [3.05, 3.63) is 0 Å². The minimum atomic E-state index is -4.51. The van der Waals surface area contributed by atoms with Crippen LogP contribution in [0.15, 0.2) is 0 Å². The average molecular weight is 283 g/mol. The lowest BCUT2D eigenvalue weighted by Gasteiger charge is -2.28. The van der Waals surface area contributed by atoms with Gasteiger partial charge in [0.1, 0.15) is 6.04 Å². The number of carbonyl (C=O) groups excluding carboxylic acids is 1. The Morgan fingerprint density at radius 1 is 1.26 bits per heavy atom. The predicted octanol–water partition coefficient (Wildman–Crippen LogP) is 2.58. The van der Waals surface area contributed by atoms with E-state index in [-0.39, 0.29) is 5.92 Å². The van der Waals surface area contributed by atoms with Gasteiger partial charge in [0.2, 0.25) is 5.91 Å². The van der Waals surface area contributed by atoms with Crippen LogP contribution in [0.4, 0.5) is 13.2 Å². The summed E-state index contributed by atoms with van der Waals surface area (Å²) in [6.45, 7) is 5.18. The average Bonchev–Trinajstić information content (AvgIpc) is 2.22. The van der Waals surface area contributed by atoms with Crippen LogP contribution < -0.4 is 5.32 Å². The van der Waals surface area contributed by atoms with Crippen molar-refractivity contribution in [1.29, 1.82) is 0 Å². The van der Waals surface area contributed by atoms with Crippen molar-refractivity contribution in [3.8, 4) is 0 Å². The van der Waals surface area contributed by atoms with Crippen molar-refractivity contribution in [2.24, 2.45) is 11.3 Å². The van der Waals surface area contributed by atoms with E-state index in [1.54, 1.807) is 13.8 Å². The largest absolute Gasteiger partial charge is 0.480 e. The van der Waals surface area contributed by atoms with E-state index in [4.69, 9.17) is 5.11 Å². The van der Waals surface area contributed by atoms with Gasteiger partial charge in [-0.2, -0.15) is 13.2 Å². The quantitative estimate of drug-likeness (QED) is 0.787. The van der Waals surface area contributed by atoms with Crippen molar-refractivity contribution in [2.45, 2.75) is 52.8 Å². The molecule has 19 heavy (non-hydrogen) atoms. The summed E-state index contributed by atoms with van der Waals surface area (Å²) in [4.78, 5) is 22.5. The molecule has 2 N–H and O–H groups in total. The lowest BCUT2D eigenvalue weighted by atomic mass is 9.88. The van der Waals surface area contributed by atoms with E-state index in [9.17, 15) is 22.8 Å². The van der Waals surface area contributed by atoms with Crippen LogP contribution in [0.5, 0.6) is 0 Å². The third-order valence-electron chi connectivity index (χ3n) is 3.17. The van der Waals surface area contributed by atoms with Crippen LogP contribution in [0.25, 0.3) is 0 Å². The smallest absolute Gasteiger partial charge is 0.394 e. The van der Waals surface area contributed by atoms with E-state index < -0.39 is 35.9 Å². The molecule has 0 aliphatic heterocycles. The highest BCUT2D eigenvalue weighted by molar-refractivity contribution is 5.84. The molecule has 0 aliphatic carbocycles. The van der Waals surface area contributed by atoms with E-state index in [1.807, 2.05) is 0 Å². The lowest BCUT2D eigenvalue weighted by molar-refractivity contribution is -0.214. The molecule has 0 aliphatic rings. The first kappa shape index (κ1) is 17.7. The minimum absolute atomic E-state index is 0.351. The molecule has 0 bridgehead atoms. The molecule has 0 heterocycles. The Bertz CT molecular complexity index is 340. The second-order valence-corrected chi connectivity index (χ2v) is 5.33.